The Labute approximate surface area is 175 Å². The highest BCUT2D eigenvalue weighted by Crippen LogP contribution is 2.16. The third-order valence-electron chi connectivity index (χ3n) is 4.08. The molecule has 0 saturated heterocycles. The Balaban J connectivity index is 1.96. The van der Waals surface area contributed by atoms with Gasteiger partial charge in [0.05, 0.1) is 4.90 Å². The third kappa shape index (κ3) is 6.13. The molecule has 0 aliphatic heterocycles. The molecule has 9 nitrogen and oxygen atoms in total. The Hall–Kier alpha value is -3.24. The van der Waals surface area contributed by atoms with Crippen LogP contribution in [0.5, 0.6) is 0 Å². The van der Waals surface area contributed by atoms with Crippen molar-refractivity contribution < 1.29 is 22.8 Å². The molecule has 160 valence electrons. The number of benzene rings is 2. The van der Waals surface area contributed by atoms with Crippen molar-refractivity contribution in [2.45, 2.75) is 11.8 Å². The minimum Gasteiger partial charge on any atom is -0.355 e. The Morgan fingerprint density at radius 1 is 0.800 bits per heavy atom. The van der Waals surface area contributed by atoms with Crippen LogP contribution in [0.3, 0.4) is 0 Å². The highest BCUT2D eigenvalue weighted by Gasteiger charge is 2.17. The summed E-state index contributed by atoms with van der Waals surface area (Å²) in [6, 6.07) is 11.9. The van der Waals surface area contributed by atoms with Gasteiger partial charge < -0.3 is 16.0 Å². The second-order valence-corrected chi connectivity index (χ2v) is 8.73. The second kappa shape index (κ2) is 9.99. The molecule has 0 unspecified atom stereocenters. The molecule has 0 aliphatic carbocycles. The molecule has 0 aliphatic rings. The van der Waals surface area contributed by atoms with E-state index >= 15 is 0 Å². The van der Waals surface area contributed by atoms with Crippen LogP contribution >= 0.6 is 0 Å². The molecule has 0 aromatic heterocycles. The van der Waals surface area contributed by atoms with Gasteiger partial charge in [0.25, 0.3) is 11.8 Å². The van der Waals surface area contributed by atoms with Crippen LogP contribution in [0.15, 0.2) is 53.4 Å². The van der Waals surface area contributed by atoms with Crippen LogP contribution in [0.2, 0.25) is 0 Å². The summed E-state index contributed by atoms with van der Waals surface area (Å²) in [7, 11) is -0.694. The number of amides is 3. The Bertz CT molecular complexity index is 1020. The predicted molar refractivity (Wildman–Crippen MR) is 113 cm³/mol. The SMILES string of the molecule is CC(=O)NCCNC(=O)c1ccc(NC(=O)c2ccc(S(=O)(=O)N(C)C)cc2)cc1. The van der Waals surface area contributed by atoms with E-state index < -0.39 is 15.9 Å². The average Bonchev–Trinajstić information content (AvgIpc) is 2.71. The van der Waals surface area contributed by atoms with Crippen molar-refractivity contribution in [2.24, 2.45) is 0 Å². The van der Waals surface area contributed by atoms with E-state index in [2.05, 4.69) is 16.0 Å². The van der Waals surface area contributed by atoms with Crippen LogP contribution in [0.4, 0.5) is 5.69 Å². The van der Waals surface area contributed by atoms with E-state index in [4.69, 9.17) is 0 Å². The molecule has 3 N–H and O–H groups in total. The highest BCUT2D eigenvalue weighted by molar-refractivity contribution is 7.89. The summed E-state index contributed by atoms with van der Waals surface area (Å²) in [5.41, 5.74) is 1.20. The number of hydrogen-bond acceptors (Lipinski definition) is 5. The summed E-state index contributed by atoms with van der Waals surface area (Å²) in [5, 5.41) is 7.94. The van der Waals surface area contributed by atoms with Crippen LogP contribution in [-0.2, 0) is 14.8 Å². The van der Waals surface area contributed by atoms with Crippen molar-refractivity contribution in [3.8, 4) is 0 Å². The van der Waals surface area contributed by atoms with Crippen LogP contribution in [0, 0.1) is 0 Å². The maximum absolute atomic E-state index is 12.4. The lowest BCUT2D eigenvalue weighted by Gasteiger charge is -2.12. The smallest absolute Gasteiger partial charge is 0.255 e. The summed E-state index contributed by atoms with van der Waals surface area (Å²) >= 11 is 0. The molecule has 2 aromatic rings. The number of carbonyl (C=O) groups excluding carboxylic acids is 3. The molecule has 0 fully saturated rings. The van der Waals surface area contributed by atoms with Crippen molar-refractivity contribution in [1.82, 2.24) is 14.9 Å². The Morgan fingerprint density at radius 3 is 1.83 bits per heavy atom. The number of sulfonamides is 1. The zero-order chi connectivity index (χ0) is 22.3. The van der Waals surface area contributed by atoms with Gasteiger partial charge in [-0.3, -0.25) is 14.4 Å². The lowest BCUT2D eigenvalue weighted by atomic mass is 10.1. The van der Waals surface area contributed by atoms with Gasteiger partial charge >= 0.3 is 0 Å². The summed E-state index contributed by atoms with van der Waals surface area (Å²) in [4.78, 5) is 35.3. The highest BCUT2D eigenvalue weighted by atomic mass is 32.2. The van der Waals surface area contributed by atoms with Gasteiger partial charge in [-0.25, -0.2) is 12.7 Å². The summed E-state index contributed by atoms with van der Waals surface area (Å²) in [5.74, 6) is -0.870. The predicted octanol–water partition coefficient (Wildman–Crippen LogP) is 1.06. The maximum atomic E-state index is 12.4. The van der Waals surface area contributed by atoms with E-state index in [9.17, 15) is 22.8 Å². The molecular formula is C20H24N4O5S. The van der Waals surface area contributed by atoms with Gasteiger partial charge in [0.2, 0.25) is 15.9 Å². The van der Waals surface area contributed by atoms with Crippen molar-refractivity contribution in [3.05, 3.63) is 59.7 Å². The quantitative estimate of drug-likeness (QED) is 0.538. The van der Waals surface area contributed by atoms with Crippen molar-refractivity contribution in [1.29, 1.82) is 0 Å². The standard InChI is InChI=1S/C20H24N4O5S/c1-14(25)21-12-13-22-19(26)15-4-8-17(9-5-15)23-20(27)16-6-10-18(11-7-16)30(28,29)24(2)3/h4-11H,12-13H2,1-3H3,(H,21,25)(H,22,26)(H,23,27). The number of carbonyl (C=O) groups is 3. The molecule has 30 heavy (non-hydrogen) atoms. The normalized spacial score (nSPS) is 11.1. The van der Waals surface area contributed by atoms with Crippen LogP contribution in [0.1, 0.15) is 27.6 Å². The first kappa shape index (κ1) is 23.0. The van der Waals surface area contributed by atoms with Crippen molar-refractivity contribution >= 4 is 33.4 Å². The lowest BCUT2D eigenvalue weighted by molar-refractivity contribution is -0.118. The molecule has 10 heteroatoms. The molecule has 0 saturated carbocycles. The molecule has 0 spiro atoms. The molecule has 2 rings (SSSR count). The first-order chi connectivity index (χ1) is 14.1. The first-order valence-electron chi connectivity index (χ1n) is 9.08. The molecule has 0 heterocycles. The fourth-order valence-electron chi connectivity index (χ4n) is 2.41. The number of rotatable bonds is 8. The molecule has 3 amide bonds. The molecule has 2 aromatic carbocycles. The molecule has 0 bridgehead atoms. The third-order valence-corrected chi connectivity index (χ3v) is 5.91. The first-order valence-corrected chi connectivity index (χ1v) is 10.5. The van der Waals surface area contributed by atoms with Gasteiger partial charge in [0.15, 0.2) is 0 Å². The van der Waals surface area contributed by atoms with Crippen LogP contribution in [0.25, 0.3) is 0 Å². The lowest BCUT2D eigenvalue weighted by Crippen LogP contribution is -2.33. The summed E-state index contributed by atoms with van der Waals surface area (Å²) in [6.45, 7) is 2.04. The van der Waals surface area contributed by atoms with E-state index in [1.165, 1.54) is 45.3 Å². The van der Waals surface area contributed by atoms with Crippen molar-refractivity contribution in [3.63, 3.8) is 0 Å². The number of anilines is 1. The van der Waals surface area contributed by atoms with Gasteiger partial charge in [-0.1, -0.05) is 0 Å². The molecular weight excluding hydrogens is 408 g/mol. The number of nitrogens with zero attached hydrogens (tertiary/aromatic N) is 1. The molecule has 0 atom stereocenters. The zero-order valence-corrected chi connectivity index (χ0v) is 17.7. The summed E-state index contributed by atoms with van der Waals surface area (Å²) in [6.07, 6.45) is 0. The Kier molecular flexibility index (Phi) is 7.67. The minimum absolute atomic E-state index is 0.0953. The minimum atomic E-state index is -3.56. The average molecular weight is 433 g/mol. The number of hydrogen-bond donors (Lipinski definition) is 3. The fraction of sp³-hybridized carbons (Fsp3) is 0.250. The topological polar surface area (TPSA) is 125 Å². The van der Waals surface area contributed by atoms with Gasteiger partial charge in [-0.2, -0.15) is 0 Å². The van der Waals surface area contributed by atoms with E-state index in [-0.39, 0.29) is 16.7 Å². The fourth-order valence-corrected chi connectivity index (χ4v) is 3.32. The largest absolute Gasteiger partial charge is 0.355 e. The monoisotopic (exact) mass is 432 g/mol. The summed E-state index contributed by atoms with van der Waals surface area (Å²) < 4.78 is 25.3. The van der Waals surface area contributed by atoms with Gasteiger partial charge in [0.1, 0.15) is 0 Å². The maximum Gasteiger partial charge on any atom is 0.255 e. The van der Waals surface area contributed by atoms with Gasteiger partial charge in [0, 0.05) is 50.9 Å². The Morgan fingerprint density at radius 2 is 1.30 bits per heavy atom. The van der Waals surface area contributed by atoms with E-state index in [0.29, 0.717) is 29.9 Å². The van der Waals surface area contributed by atoms with E-state index in [1.54, 1.807) is 24.3 Å². The zero-order valence-electron chi connectivity index (χ0n) is 16.9. The van der Waals surface area contributed by atoms with Crippen molar-refractivity contribution in [2.75, 3.05) is 32.5 Å². The van der Waals surface area contributed by atoms with Crippen LogP contribution in [-0.4, -0.2) is 57.6 Å². The molecule has 0 radical (unpaired) electrons. The number of nitrogens with one attached hydrogen (secondary N) is 3. The van der Waals surface area contributed by atoms with E-state index in [1.807, 2.05) is 0 Å². The second-order valence-electron chi connectivity index (χ2n) is 6.58. The van der Waals surface area contributed by atoms with Crippen LogP contribution < -0.4 is 16.0 Å². The van der Waals surface area contributed by atoms with Gasteiger partial charge in [-0.15, -0.1) is 0 Å². The van der Waals surface area contributed by atoms with E-state index in [0.717, 1.165) is 4.31 Å². The van der Waals surface area contributed by atoms with Gasteiger partial charge in [-0.05, 0) is 48.5 Å².